The van der Waals surface area contributed by atoms with Crippen LogP contribution < -0.4 is 14.8 Å². The van der Waals surface area contributed by atoms with Crippen LogP contribution in [0.5, 0.6) is 11.5 Å². The Morgan fingerprint density at radius 3 is 2.23 bits per heavy atom. The first-order valence-corrected chi connectivity index (χ1v) is 12.1. The molecule has 3 aromatic rings. The van der Waals surface area contributed by atoms with Crippen LogP contribution >= 0.6 is 11.3 Å². The van der Waals surface area contributed by atoms with Gasteiger partial charge in [-0.3, -0.25) is 10.1 Å². The third-order valence-electron chi connectivity index (χ3n) is 4.72. The number of hydrogen-bond donors (Lipinski definition) is 1. The van der Waals surface area contributed by atoms with Crippen molar-refractivity contribution in [3.8, 4) is 17.6 Å². The lowest BCUT2D eigenvalue weighted by molar-refractivity contribution is -0.112. The van der Waals surface area contributed by atoms with Crippen molar-refractivity contribution in [1.82, 2.24) is 10.2 Å². The van der Waals surface area contributed by atoms with Crippen molar-refractivity contribution in [2.75, 3.05) is 31.7 Å². The summed E-state index contributed by atoms with van der Waals surface area (Å²) in [5.41, 5.74) is 1.88. The molecule has 1 N–H and O–H groups in total. The maximum atomic E-state index is 12.4. The van der Waals surface area contributed by atoms with Gasteiger partial charge in [0, 0.05) is 6.42 Å². The molecule has 182 valence electrons. The van der Waals surface area contributed by atoms with Crippen LogP contribution in [-0.2, 0) is 16.0 Å². The number of hydrogen-bond acceptors (Lipinski definition) is 8. The average molecular weight is 493 g/mol. The highest BCUT2D eigenvalue weighted by Gasteiger charge is 2.12. The zero-order valence-electron chi connectivity index (χ0n) is 19.8. The summed E-state index contributed by atoms with van der Waals surface area (Å²) >= 11 is 1.31. The van der Waals surface area contributed by atoms with E-state index in [1.165, 1.54) is 23.0 Å². The number of anilines is 1. The topological polar surface area (TPSA) is 106 Å². The van der Waals surface area contributed by atoms with Crippen LogP contribution in [0.15, 0.2) is 54.1 Å². The molecule has 0 atom stereocenters. The van der Waals surface area contributed by atoms with Gasteiger partial charge < -0.3 is 14.2 Å². The molecule has 1 heterocycles. The summed E-state index contributed by atoms with van der Waals surface area (Å²) in [6.45, 7) is 5.85. The number of aryl methyl sites for hydroxylation is 2. The van der Waals surface area contributed by atoms with E-state index in [0.29, 0.717) is 42.9 Å². The molecule has 8 nitrogen and oxygen atoms in total. The Morgan fingerprint density at radius 1 is 1.00 bits per heavy atom. The predicted molar refractivity (Wildman–Crippen MR) is 136 cm³/mol. The lowest BCUT2D eigenvalue weighted by atomic mass is 10.1. The molecule has 1 amide bonds. The lowest BCUT2D eigenvalue weighted by Crippen LogP contribution is -2.13. The van der Waals surface area contributed by atoms with Crippen LogP contribution in [0.4, 0.5) is 5.13 Å². The molecule has 0 aliphatic heterocycles. The van der Waals surface area contributed by atoms with Gasteiger partial charge in [0.1, 0.15) is 41.4 Å². The molecule has 0 fully saturated rings. The molecular formula is C26H28N4O4S. The van der Waals surface area contributed by atoms with Crippen molar-refractivity contribution in [3.05, 3.63) is 70.2 Å². The SMILES string of the molecule is CCCc1nnc(NC(=O)/C(C#N)=C\c2ccc(OCCOCCOc3ccc(C)cc3)cc2)s1. The molecule has 35 heavy (non-hydrogen) atoms. The van der Waals surface area contributed by atoms with Gasteiger partial charge in [0.25, 0.3) is 5.91 Å². The number of carbonyl (C=O) groups is 1. The molecule has 0 radical (unpaired) electrons. The predicted octanol–water partition coefficient (Wildman–Crippen LogP) is 4.82. The minimum atomic E-state index is -0.518. The van der Waals surface area contributed by atoms with Crippen LogP contribution in [0.3, 0.4) is 0 Å². The van der Waals surface area contributed by atoms with Crippen LogP contribution in [-0.4, -0.2) is 42.5 Å². The fraction of sp³-hybridized carbons (Fsp3) is 0.308. The largest absolute Gasteiger partial charge is 0.491 e. The summed E-state index contributed by atoms with van der Waals surface area (Å²) in [5, 5.41) is 21.2. The third-order valence-corrected chi connectivity index (χ3v) is 5.62. The summed E-state index contributed by atoms with van der Waals surface area (Å²) < 4.78 is 16.8. The Labute approximate surface area is 209 Å². The van der Waals surface area contributed by atoms with Gasteiger partial charge >= 0.3 is 0 Å². The molecule has 2 aromatic carbocycles. The lowest BCUT2D eigenvalue weighted by Gasteiger charge is -2.09. The fourth-order valence-corrected chi connectivity index (χ4v) is 3.77. The van der Waals surface area contributed by atoms with Crippen LogP contribution in [0.1, 0.15) is 29.5 Å². The highest BCUT2D eigenvalue weighted by molar-refractivity contribution is 7.15. The highest BCUT2D eigenvalue weighted by atomic mass is 32.1. The molecule has 1 aromatic heterocycles. The van der Waals surface area contributed by atoms with E-state index < -0.39 is 5.91 Å². The maximum absolute atomic E-state index is 12.4. The number of benzene rings is 2. The van der Waals surface area contributed by atoms with Crippen molar-refractivity contribution < 1.29 is 19.0 Å². The highest BCUT2D eigenvalue weighted by Crippen LogP contribution is 2.19. The zero-order chi connectivity index (χ0) is 24.9. The fourth-order valence-electron chi connectivity index (χ4n) is 2.93. The van der Waals surface area contributed by atoms with Crippen LogP contribution in [0.25, 0.3) is 6.08 Å². The minimum absolute atomic E-state index is 0.0211. The van der Waals surface area contributed by atoms with E-state index in [9.17, 15) is 10.1 Å². The summed E-state index contributed by atoms with van der Waals surface area (Å²) in [5.74, 6) is 0.973. The smallest absolute Gasteiger partial charge is 0.268 e. The van der Waals surface area contributed by atoms with Gasteiger partial charge in [-0.05, 0) is 49.2 Å². The van der Waals surface area contributed by atoms with E-state index in [-0.39, 0.29) is 5.57 Å². The molecule has 0 unspecified atom stereocenters. The standard InChI is InChI=1S/C26H28N4O4S/c1-3-4-24-29-30-26(35-24)28-25(31)21(18-27)17-20-7-11-23(12-8-20)34-16-14-32-13-15-33-22-9-5-19(2)6-10-22/h5-12,17H,3-4,13-16H2,1-2H3,(H,28,30,31)/b21-17-. The van der Waals surface area contributed by atoms with E-state index in [2.05, 4.69) is 15.5 Å². The number of carbonyl (C=O) groups excluding carboxylic acids is 1. The van der Waals surface area contributed by atoms with Gasteiger partial charge in [-0.25, -0.2) is 0 Å². The Hall–Kier alpha value is -3.74. The number of nitrogens with zero attached hydrogens (tertiary/aromatic N) is 3. The van der Waals surface area contributed by atoms with Gasteiger partial charge in [-0.2, -0.15) is 5.26 Å². The van der Waals surface area contributed by atoms with Gasteiger partial charge in [0.05, 0.1) is 13.2 Å². The molecule has 9 heteroatoms. The maximum Gasteiger partial charge on any atom is 0.268 e. The first-order chi connectivity index (χ1) is 17.1. The van der Waals surface area contributed by atoms with E-state index in [1.807, 2.05) is 44.2 Å². The Balaban J connectivity index is 1.38. The normalized spacial score (nSPS) is 11.1. The second kappa shape index (κ2) is 13.8. The Kier molecular flexibility index (Phi) is 10.2. The number of nitrogens with one attached hydrogen (secondary N) is 1. The Bertz CT molecular complexity index is 1150. The molecule has 0 bridgehead atoms. The zero-order valence-corrected chi connectivity index (χ0v) is 20.6. The van der Waals surface area contributed by atoms with Gasteiger partial charge in [-0.1, -0.05) is 48.1 Å². The molecule has 0 spiro atoms. The van der Waals surface area contributed by atoms with Crippen molar-refractivity contribution >= 4 is 28.5 Å². The molecule has 0 aliphatic carbocycles. The van der Waals surface area contributed by atoms with Crippen LogP contribution in [0, 0.1) is 18.3 Å². The van der Waals surface area contributed by atoms with E-state index in [1.54, 1.807) is 24.3 Å². The summed E-state index contributed by atoms with van der Waals surface area (Å²) in [7, 11) is 0. The third kappa shape index (κ3) is 8.85. The number of rotatable bonds is 13. The van der Waals surface area contributed by atoms with E-state index in [4.69, 9.17) is 14.2 Å². The molecular weight excluding hydrogens is 464 g/mol. The number of aromatic nitrogens is 2. The molecule has 3 rings (SSSR count). The number of nitriles is 1. The van der Waals surface area contributed by atoms with Gasteiger partial charge in [-0.15, -0.1) is 10.2 Å². The second-order valence-corrected chi connectivity index (χ2v) is 8.63. The quantitative estimate of drug-likeness (QED) is 0.207. The van der Waals surface area contributed by atoms with Crippen molar-refractivity contribution in [3.63, 3.8) is 0 Å². The number of amides is 1. The first-order valence-electron chi connectivity index (χ1n) is 11.3. The number of ether oxygens (including phenoxy) is 3. The van der Waals surface area contributed by atoms with E-state index >= 15 is 0 Å². The first kappa shape index (κ1) is 25.9. The van der Waals surface area contributed by atoms with Gasteiger partial charge in [0.15, 0.2) is 0 Å². The molecule has 0 saturated carbocycles. The summed E-state index contributed by atoms with van der Waals surface area (Å²) in [6.07, 6.45) is 3.27. The Morgan fingerprint density at radius 2 is 1.63 bits per heavy atom. The molecule has 0 saturated heterocycles. The van der Waals surface area contributed by atoms with Crippen molar-refractivity contribution in [2.24, 2.45) is 0 Å². The monoisotopic (exact) mass is 492 g/mol. The van der Waals surface area contributed by atoms with Crippen molar-refractivity contribution in [1.29, 1.82) is 5.26 Å². The van der Waals surface area contributed by atoms with Crippen molar-refractivity contribution in [2.45, 2.75) is 26.7 Å². The molecule has 0 aliphatic rings. The van der Waals surface area contributed by atoms with E-state index in [0.717, 1.165) is 23.6 Å². The summed E-state index contributed by atoms with van der Waals surface area (Å²) in [4.78, 5) is 12.4. The minimum Gasteiger partial charge on any atom is -0.491 e. The van der Waals surface area contributed by atoms with Gasteiger partial charge in [0.2, 0.25) is 5.13 Å². The summed E-state index contributed by atoms with van der Waals surface area (Å²) in [6, 6.07) is 16.9. The average Bonchev–Trinajstić information content (AvgIpc) is 3.30. The second-order valence-electron chi connectivity index (χ2n) is 7.57. The van der Waals surface area contributed by atoms with Crippen LogP contribution in [0.2, 0.25) is 0 Å².